The van der Waals surface area contributed by atoms with Crippen molar-refractivity contribution in [1.82, 2.24) is 10.3 Å². The predicted octanol–water partition coefficient (Wildman–Crippen LogP) is 2.86. The largest absolute Gasteiger partial charge is 0.356 e. The van der Waals surface area contributed by atoms with Crippen LogP contribution in [0.2, 0.25) is 0 Å². The molecule has 0 aliphatic carbocycles. The number of hydrogen-bond acceptors (Lipinski definition) is 4. The molecule has 0 aliphatic heterocycles. The van der Waals surface area contributed by atoms with Crippen LogP contribution < -0.4 is 16.0 Å². The minimum Gasteiger partial charge on any atom is -0.356 e. The lowest BCUT2D eigenvalue weighted by molar-refractivity contribution is -0.120. The number of nitrogens with zero attached hydrogens (tertiary/aromatic N) is 1. The van der Waals surface area contributed by atoms with Crippen molar-refractivity contribution in [2.75, 3.05) is 17.2 Å². The molecule has 1 aromatic carbocycles. The third kappa shape index (κ3) is 5.17. The van der Waals surface area contributed by atoms with E-state index in [-0.39, 0.29) is 11.9 Å². The second kappa shape index (κ2) is 8.14. The van der Waals surface area contributed by atoms with Gasteiger partial charge >= 0.3 is 6.03 Å². The van der Waals surface area contributed by atoms with E-state index in [4.69, 9.17) is 0 Å². The summed E-state index contributed by atoms with van der Waals surface area (Å²) in [6, 6.07) is 8.84. The maximum Gasteiger partial charge on any atom is 0.325 e. The highest BCUT2D eigenvalue weighted by Gasteiger charge is 2.08. The van der Waals surface area contributed by atoms with Gasteiger partial charge in [-0.1, -0.05) is 18.2 Å². The van der Waals surface area contributed by atoms with Gasteiger partial charge in [0.15, 0.2) is 5.13 Å². The van der Waals surface area contributed by atoms with E-state index in [1.165, 1.54) is 11.3 Å². The number of para-hydroxylation sites is 1. The van der Waals surface area contributed by atoms with Crippen LogP contribution in [0.3, 0.4) is 0 Å². The fourth-order valence-corrected chi connectivity index (χ4v) is 2.53. The van der Waals surface area contributed by atoms with Crippen LogP contribution in [-0.2, 0) is 11.2 Å². The lowest BCUT2D eigenvalue weighted by Gasteiger charge is -2.04. The number of aromatic nitrogens is 1. The van der Waals surface area contributed by atoms with E-state index in [0.29, 0.717) is 30.2 Å². The van der Waals surface area contributed by atoms with Crippen molar-refractivity contribution in [1.29, 1.82) is 0 Å². The van der Waals surface area contributed by atoms with Crippen LogP contribution in [0.5, 0.6) is 0 Å². The van der Waals surface area contributed by atoms with E-state index >= 15 is 0 Å². The summed E-state index contributed by atoms with van der Waals surface area (Å²) in [5.74, 6) is 0.00632. The normalized spacial score (nSPS) is 10.0. The molecule has 0 aliphatic rings. The Hall–Kier alpha value is -2.41. The van der Waals surface area contributed by atoms with Crippen molar-refractivity contribution in [3.8, 4) is 0 Å². The molecule has 0 bridgehead atoms. The second-order valence-electron chi connectivity index (χ2n) is 4.54. The Morgan fingerprint density at radius 2 is 1.95 bits per heavy atom. The summed E-state index contributed by atoms with van der Waals surface area (Å²) >= 11 is 1.34. The number of amides is 3. The van der Waals surface area contributed by atoms with Gasteiger partial charge in [-0.25, -0.2) is 9.78 Å². The Bertz CT molecular complexity index is 627. The van der Waals surface area contributed by atoms with E-state index in [1.54, 1.807) is 12.1 Å². The first-order chi connectivity index (χ1) is 10.7. The first kappa shape index (κ1) is 16.0. The number of hydrogen-bond donors (Lipinski definition) is 3. The molecule has 0 atom stereocenters. The highest BCUT2D eigenvalue weighted by Crippen LogP contribution is 2.17. The fourth-order valence-electron chi connectivity index (χ4n) is 1.79. The second-order valence-corrected chi connectivity index (χ2v) is 5.40. The number of aryl methyl sites for hydroxylation is 1. The number of nitrogens with one attached hydrogen (secondary N) is 3. The molecule has 6 nitrogen and oxygen atoms in total. The van der Waals surface area contributed by atoms with Crippen LogP contribution in [0.15, 0.2) is 35.7 Å². The number of urea groups is 1. The smallest absolute Gasteiger partial charge is 0.325 e. The van der Waals surface area contributed by atoms with Gasteiger partial charge in [0.2, 0.25) is 5.91 Å². The number of rotatable bonds is 6. The number of anilines is 2. The molecule has 0 unspecified atom stereocenters. The first-order valence-electron chi connectivity index (χ1n) is 7.01. The highest BCUT2D eigenvalue weighted by atomic mass is 32.1. The van der Waals surface area contributed by atoms with Gasteiger partial charge in [0.25, 0.3) is 0 Å². The third-order valence-electron chi connectivity index (χ3n) is 2.79. The summed E-state index contributed by atoms with van der Waals surface area (Å²) in [6.45, 7) is 2.51. The van der Waals surface area contributed by atoms with Crippen LogP contribution in [0.25, 0.3) is 0 Å². The van der Waals surface area contributed by atoms with Crippen molar-refractivity contribution in [3.63, 3.8) is 0 Å². The lowest BCUT2D eigenvalue weighted by atomic mass is 10.2. The quantitative estimate of drug-likeness (QED) is 0.766. The van der Waals surface area contributed by atoms with Gasteiger partial charge in [-0.3, -0.25) is 10.1 Å². The number of benzene rings is 1. The van der Waals surface area contributed by atoms with Crippen LogP contribution in [0, 0.1) is 0 Å². The van der Waals surface area contributed by atoms with Crippen molar-refractivity contribution in [2.24, 2.45) is 0 Å². The summed E-state index contributed by atoms with van der Waals surface area (Å²) < 4.78 is 0. The monoisotopic (exact) mass is 318 g/mol. The summed E-state index contributed by atoms with van der Waals surface area (Å²) in [4.78, 5) is 27.5. The molecule has 2 aromatic rings. The molecule has 7 heteroatoms. The minimum absolute atomic E-state index is 0.00632. The number of carbonyl (C=O) groups excluding carboxylic acids is 2. The molecule has 22 heavy (non-hydrogen) atoms. The van der Waals surface area contributed by atoms with E-state index in [2.05, 4.69) is 20.9 Å². The fraction of sp³-hybridized carbons (Fsp3) is 0.267. The van der Waals surface area contributed by atoms with Crippen LogP contribution in [0.4, 0.5) is 15.6 Å². The van der Waals surface area contributed by atoms with E-state index in [1.807, 2.05) is 30.5 Å². The van der Waals surface area contributed by atoms with Crippen molar-refractivity contribution in [3.05, 3.63) is 41.4 Å². The maximum absolute atomic E-state index is 11.8. The lowest BCUT2D eigenvalue weighted by Crippen LogP contribution is -2.22. The zero-order valence-corrected chi connectivity index (χ0v) is 13.1. The Morgan fingerprint density at radius 1 is 1.18 bits per heavy atom. The molecule has 0 fully saturated rings. The molecule has 1 aromatic heterocycles. The average molecular weight is 318 g/mol. The highest BCUT2D eigenvalue weighted by molar-refractivity contribution is 7.13. The molecule has 116 valence electrons. The molecular weight excluding hydrogens is 300 g/mol. The predicted molar refractivity (Wildman–Crippen MR) is 88.2 cm³/mol. The molecular formula is C15H18N4O2S. The SMILES string of the molecule is CCNC(=O)CCc1csc(NC(=O)Nc2ccccc2)n1. The molecule has 1 heterocycles. The molecule has 0 saturated carbocycles. The molecule has 3 N–H and O–H groups in total. The van der Waals surface area contributed by atoms with Gasteiger partial charge in [-0.15, -0.1) is 11.3 Å². The number of carbonyl (C=O) groups is 2. The molecule has 0 spiro atoms. The van der Waals surface area contributed by atoms with Gasteiger partial charge in [0.05, 0.1) is 5.69 Å². The summed E-state index contributed by atoms with van der Waals surface area (Å²) in [6.07, 6.45) is 0.956. The Kier molecular flexibility index (Phi) is 5.91. The molecule has 0 saturated heterocycles. The van der Waals surface area contributed by atoms with E-state index in [0.717, 1.165) is 5.69 Å². The Labute approximate surface area is 133 Å². The van der Waals surface area contributed by atoms with E-state index < -0.39 is 0 Å². The van der Waals surface area contributed by atoms with Crippen LogP contribution in [0.1, 0.15) is 19.0 Å². The Balaban J connectivity index is 1.81. The van der Waals surface area contributed by atoms with Crippen molar-refractivity contribution in [2.45, 2.75) is 19.8 Å². The zero-order chi connectivity index (χ0) is 15.8. The summed E-state index contributed by atoms with van der Waals surface area (Å²) in [5.41, 5.74) is 1.51. The molecule has 3 amide bonds. The van der Waals surface area contributed by atoms with Gasteiger partial charge in [0, 0.05) is 24.0 Å². The van der Waals surface area contributed by atoms with Crippen LogP contribution in [-0.4, -0.2) is 23.5 Å². The topological polar surface area (TPSA) is 83.1 Å². The summed E-state index contributed by atoms with van der Waals surface area (Å²) in [7, 11) is 0. The Morgan fingerprint density at radius 3 is 2.68 bits per heavy atom. The third-order valence-corrected chi connectivity index (χ3v) is 3.59. The van der Waals surface area contributed by atoms with Gasteiger partial charge in [0.1, 0.15) is 0 Å². The number of thiazole rings is 1. The first-order valence-corrected chi connectivity index (χ1v) is 7.89. The maximum atomic E-state index is 11.8. The van der Waals surface area contributed by atoms with Crippen LogP contribution >= 0.6 is 11.3 Å². The van der Waals surface area contributed by atoms with E-state index in [9.17, 15) is 9.59 Å². The van der Waals surface area contributed by atoms with Gasteiger partial charge in [-0.2, -0.15) is 0 Å². The van der Waals surface area contributed by atoms with Crippen molar-refractivity contribution >= 4 is 34.1 Å². The summed E-state index contributed by atoms with van der Waals surface area (Å²) in [5, 5.41) is 10.5. The van der Waals surface area contributed by atoms with Gasteiger partial charge in [-0.05, 0) is 25.5 Å². The minimum atomic E-state index is -0.337. The standard InChI is InChI=1S/C15H18N4O2S/c1-2-16-13(20)9-8-12-10-22-15(18-12)19-14(21)17-11-6-4-3-5-7-11/h3-7,10H,2,8-9H2,1H3,(H,16,20)(H2,17,18,19,21). The van der Waals surface area contributed by atoms with Crippen molar-refractivity contribution < 1.29 is 9.59 Å². The average Bonchev–Trinajstić information content (AvgIpc) is 2.94. The zero-order valence-electron chi connectivity index (χ0n) is 12.3. The molecule has 2 rings (SSSR count). The molecule has 0 radical (unpaired) electrons. The van der Waals surface area contributed by atoms with Gasteiger partial charge < -0.3 is 10.6 Å².